The SMILES string of the molecule is CC(C)n1c(=O)n(CC(=O)O)c2ccccc21. The predicted molar refractivity (Wildman–Crippen MR) is 64.2 cm³/mol. The van der Waals surface area contributed by atoms with E-state index in [1.54, 1.807) is 16.7 Å². The summed E-state index contributed by atoms with van der Waals surface area (Å²) in [6.07, 6.45) is 0. The lowest BCUT2D eigenvalue weighted by molar-refractivity contribution is -0.137. The Labute approximate surface area is 97.9 Å². The van der Waals surface area contributed by atoms with Gasteiger partial charge < -0.3 is 5.11 Å². The van der Waals surface area contributed by atoms with Crippen LogP contribution in [0, 0.1) is 0 Å². The molecule has 5 heteroatoms. The molecule has 1 aromatic carbocycles. The summed E-state index contributed by atoms with van der Waals surface area (Å²) in [5, 5.41) is 8.83. The summed E-state index contributed by atoms with van der Waals surface area (Å²) in [4.78, 5) is 22.9. The summed E-state index contributed by atoms with van der Waals surface area (Å²) in [5.41, 5.74) is 1.16. The molecule has 2 aromatic rings. The van der Waals surface area contributed by atoms with Crippen molar-refractivity contribution in [2.75, 3.05) is 0 Å². The van der Waals surface area contributed by atoms with E-state index in [1.165, 1.54) is 4.57 Å². The Hall–Kier alpha value is -2.04. The minimum absolute atomic E-state index is 0.00226. The molecule has 0 radical (unpaired) electrons. The number of rotatable bonds is 3. The average molecular weight is 234 g/mol. The molecular weight excluding hydrogens is 220 g/mol. The average Bonchev–Trinajstić information content (AvgIpc) is 2.52. The number of carboxylic acids is 1. The van der Waals surface area contributed by atoms with E-state index < -0.39 is 5.97 Å². The standard InChI is InChI=1S/C12H14N2O3/c1-8(2)14-10-6-4-3-5-9(10)13(12(14)17)7-11(15)16/h3-6,8H,7H2,1-2H3,(H,15,16). The number of aromatic nitrogens is 2. The van der Waals surface area contributed by atoms with Crippen LogP contribution in [0.5, 0.6) is 0 Å². The van der Waals surface area contributed by atoms with Crippen LogP contribution in [0.25, 0.3) is 11.0 Å². The number of hydrogen-bond donors (Lipinski definition) is 1. The third kappa shape index (κ3) is 1.84. The molecule has 0 bridgehead atoms. The zero-order chi connectivity index (χ0) is 12.6. The summed E-state index contributed by atoms with van der Waals surface area (Å²) < 4.78 is 2.90. The largest absolute Gasteiger partial charge is 0.480 e. The molecule has 1 heterocycles. The first-order valence-corrected chi connectivity index (χ1v) is 5.44. The number of para-hydroxylation sites is 2. The Morgan fingerprint density at radius 1 is 1.29 bits per heavy atom. The van der Waals surface area contributed by atoms with Gasteiger partial charge in [-0.1, -0.05) is 12.1 Å². The van der Waals surface area contributed by atoms with Crippen LogP contribution in [-0.4, -0.2) is 20.2 Å². The molecule has 0 aliphatic heterocycles. The molecule has 0 atom stereocenters. The Morgan fingerprint density at radius 2 is 1.88 bits per heavy atom. The first-order valence-electron chi connectivity index (χ1n) is 5.44. The van der Waals surface area contributed by atoms with E-state index in [1.807, 2.05) is 26.0 Å². The van der Waals surface area contributed by atoms with E-state index in [0.29, 0.717) is 5.52 Å². The third-order valence-corrected chi connectivity index (χ3v) is 2.68. The molecule has 0 fully saturated rings. The second-order valence-electron chi connectivity index (χ2n) is 4.21. The maximum absolute atomic E-state index is 12.1. The van der Waals surface area contributed by atoms with E-state index in [9.17, 15) is 9.59 Å². The number of fused-ring (bicyclic) bond motifs is 1. The molecular formula is C12H14N2O3. The minimum atomic E-state index is -1.02. The second-order valence-corrected chi connectivity index (χ2v) is 4.21. The molecule has 90 valence electrons. The molecule has 5 nitrogen and oxygen atoms in total. The fourth-order valence-corrected chi connectivity index (χ4v) is 2.02. The molecule has 0 amide bonds. The highest BCUT2D eigenvalue weighted by Crippen LogP contribution is 2.16. The van der Waals surface area contributed by atoms with Crippen LogP contribution >= 0.6 is 0 Å². The van der Waals surface area contributed by atoms with Gasteiger partial charge in [0.25, 0.3) is 0 Å². The molecule has 0 aliphatic rings. The number of hydrogen-bond acceptors (Lipinski definition) is 2. The Morgan fingerprint density at radius 3 is 2.41 bits per heavy atom. The lowest BCUT2D eigenvalue weighted by atomic mass is 10.3. The number of imidazole rings is 1. The van der Waals surface area contributed by atoms with Crippen molar-refractivity contribution in [2.45, 2.75) is 26.4 Å². The Balaban J connectivity index is 2.79. The first kappa shape index (κ1) is 11.4. The first-order chi connectivity index (χ1) is 8.02. The van der Waals surface area contributed by atoms with Gasteiger partial charge in [0.05, 0.1) is 11.0 Å². The van der Waals surface area contributed by atoms with Crippen molar-refractivity contribution in [1.82, 2.24) is 9.13 Å². The lowest BCUT2D eigenvalue weighted by Crippen LogP contribution is -2.27. The Kier molecular flexibility index (Phi) is 2.75. The van der Waals surface area contributed by atoms with Gasteiger partial charge in [-0.05, 0) is 26.0 Å². The van der Waals surface area contributed by atoms with Crippen molar-refractivity contribution in [3.8, 4) is 0 Å². The van der Waals surface area contributed by atoms with Crippen LogP contribution in [-0.2, 0) is 11.3 Å². The molecule has 0 aliphatic carbocycles. The van der Waals surface area contributed by atoms with Crippen molar-refractivity contribution in [3.63, 3.8) is 0 Å². The zero-order valence-electron chi connectivity index (χ0n) is 9.75. The predicted octanol–water partition coefficient (Wildman–Crippen LogP) is 1.47. The summed E-state index contributed by atoms with van der Waals surface area (Å²) in [6.45, 7) is 3.50. The number of carboxylic acid groups (broad SMARTS) is 1. The molecule has 1 aromatic heterocycles. The van der Waals surface area contributed by atoms with Crippen molar-refractivity contribution in [2.24, 2.45) is 0 Å². The molecule has 0 saturated carbocycles. The number of carbonyl (C=O) groups is 1. The summed E-state index contributed by atoms with van der Waals surface area (Å²) in [5.74, 6) is -1.02. The molecule has 0 spiro atoms. The van der Waals surface area contributed by atoms with E-state index >= 15 is 0 Å². The van der Waals surface area contributed by atoms with Gasteiger partial charge in [-0.3, -0.25) is 13.9 Å². The van der Waals surface area contributed by atoms with Crippen LogP contribution < -0.4 is 5.69 Å². The van der Waals surface area contributed by atoms with Crippen LogP contribution in [0.1, 0.15) is 19.9 Å². The summed E-state index contributed by atoms with van der Waals surface area (Å²) >= 11 is 0. The van der Waals surface area contributed by atoms with Crippen LogP contribution in [0.15, 0.2) is 29.1 Å². The van der Waals surface area contributed by atoms with E-state index in [2.05, 4.69) is 0 Å². The highest BCUT2D eigenvalue weighted by Gasteiger charge is 2.16. The van der Waals surface area contributed by atoms with Gasteiger partial charge in [-0.15, -0.1) is 0 Å². The van der Waals surface area contributed by atoms with Gasteiger partial charge in [0.15, 0.2) is 0 Å². The maximum Gasteiger partial charge on any atom is 0.329 e. The highest BCUT2D eigenvalue weighted by atomic mass is 16.4. The van der Waals surface area contributed by atoms with Gasteiger partial charge in [0.1, 0.15) is 6.54 Å². The molecule has 1 N–H and O–H groups in total. The minimum Gasteiger partial charge on any atom is -0.480 e. The molecule has 2 rings (SSSR count). The van der Waals surface area contributed by atoms with Crippen molar-refractivity contribution in [1.29, 1.82) is 0 Å². The normalized spacial score (nSPS) is 11.2. The fraction of sp³-hybridized carbons (Fsp3) is 0.333. The fourth-order valence-electron chi connectivity index (χ4n) is 2.02. The Bertz CT molecular complexity index is 622. The monoisotopic (exact) mass is 234 g/mol. The van der Waals surface area contributed by atoms with Crippen LogP contribution in [0.4, 0.5) is 0 Å². The van der Waals surface area contributed by atoms with Gasteiger partial charge in [0.2, 0.25) is 0 Å². The van der Waals surface area contributed by atoms with Crippen molar-refractivity contribution < 1.29 is 9.90 Å². The van der Waals surface area contributed by atoms with Gasteiger partial charge in [-0.2, -0.15) is 0 Å². The summed E-state index contributed by atoms with van der Waals surface area (Å²) in [6, 6.07) is 7.23. The summed E-state index contributed by atoms with van der Waals surface area (Å²) in [7, 11) is 0. The number of benzene rings is 1. The second kappa shape index (κ2) is 4.08. The van der Waals surface area contributed by atoms with Gasteiger partial charge in [-0.25, -0.2) is 4.79 Å². The van der Waals surface area contributed by atoms with Crippen molar-refractivity contribution in [3.05, 3.63) is 34.7 Å². The van der Waals surface area contributed by atoms with Crippen LogP contribution in [0.3, 0.4) is 0 Å². The molecule has 0 unspecified atom stereocenters. The van der Waals surface area contributed by atoms with Gasteiger partial charge in [0, 0.05) is 6.04 Å². The van der Waals surface area contributed by atoms with E-state index in [4.69, 9.17) is 5.11 Å². The lowest BCUT2D eigenvalue weighted by Gasteiger charge is -2.05. The molecule has 17 heavy (non-hydrogen) atoms. The van der Waals surface area contributed by atoms with E-state index in [-0.39, 0.29) is 18.3 Å². The smallest absolute Gasteiger partial charge is 0.329 e. The van der Waals surface area contributed by atoms with Crippen molar-refractivity contribution >= 4 is 17.0 Å². The van der Waals surface area contributed by atoms with Gasteiger partial charge >= 0.3 is 11.7 Å². The number of nitrogens with zero attached hydrogens (tertiary/aromatic N) is 2. The maximum atomic E-state index is 12.1. The highest BCUT2D eigenvalue weighted by molar-refractivity contribution is 5.78. The quantitative estimate of drug-likeness (QED) is 0.874. The number of aliphatic carboxylic acids is 1. The van der Waals surface area contributed by atoms with Crippen LogP contribution in [0.2, 0.25) is 0 Å². The zero-order valence-corrected chi connectivity index (χ0v) is 9.75. The third-order valence-electron chi connectivity index (χ3n) is 2.68. The van der Waals surface area contributed by atoms with E-state index in [0.717, 1.165) is 5.52 Å². The molecule has 0 saturated heterocycles. The topological polar surface area (TPSA) is 64.2 Å².